The maximum absolute atomic E-state index is 14.2. The van der Waals surface area contributed by atoms with Gasteiger partial charge in [0.15, 0.2) is 0 Å². The number of carbonyl (C=O) groups excluding carboxylic acids is 1. The number of carbonyl (C=O) groups is 1. The van der Waals surface area contributed by atoms with Gasteiger partial charge in [-0.1, -0.05) is 12.1 Å². The third-order valence-corrected chi connectivity index (χ3v) is 5.09. The molecule has 1 aromatic carbocycles. The Balaban J connectivity index is 1.87. The third-order valence-electron chi connectivity index (χ3n) is 5.09. The molecule has 6 N–H and O–H groups in total. The van der Waals surface area contributed by atoms with E-state index in [0.717, 1.165) is 5.56 Å². The number of benzene rings is 1. The zero-order chi connectivity index (χ0) is 24.6. The average Bonchev–Trinajstić information content (AvgIpc) is 2.99. The van der Waals surface area contributed by atoms with E-state index in [-0.39, 0.29) is 36.2 Å². The first-order valence-electron chi connectivity index (χ1n) is 10.2. The van der Waals surface area contributed by atoms with Crippen LogP contribution in [0.5, 0.6) is 5.88 Å². The molecule has 10 nitrogen and oxygen atoms in total. The van der Waals surface area contributed by atoms with Crippen molar-refractivity contribution in [1.82, 2.24) is 19.7 Å². The molecule has 0 fully saturated rings. The second-order valence-electron chi connectivity index (χ2n) is 8.54. The first-order valence-corrected chi connectivity index (χ1v) is 10.2. The number of hydrogen-bond acceptors (Lipinski definition) is 8. The van der Waals surface area contributed by atoms with Gasteiger partial charge in [-0.2, -0.15) is 0 Å². The Morgan fingerprint density at radius 2 is 1.94 bits per heavy atom. The van der Waals surface area contributed by atoms with Gasteiger partial charge in [0.1, 0.15) is 18.1 Å². The largest absolute Gasteiger partial charge is 0.470 e. The van der Waals surface area contributed by atoms with Crippen molar-refractivity contribution in [2.45, 2.75) is 52.2 Å². The molecule has 0 saturated heterocycles. The SMILES string of the molecule is Cc1cn2c(C(=O)NCC(C)(N)CC(O)(O)O)c(C)nc2c(OCc2c(C)cccc2F)n1. The molecule has 1 amide bonds. The quantitative estimate of drug-likeness (QED) is 0.309. The van der Waals surface area contributed by atoms with Gasteiger partial charge >= 0.3 is 0 Å². The molecule has 178 valence electrons. The molecule has 0 radical (unpaired) electrons. The number of aromatic nitrogens is 3. The van der Waals surface area contributed by atoms with E-state index in [9.17, 15) is 24.5 Å². The third kappa shape index (κ3) is 5.82. The molecule has 3 aromatic rings. The Morgan fingerprint density at radius 1 is 1.24 bits per heavy atom. The number of nitrogens with one attached hydrogen (secondary N) is 1. The van der Waals surface area contributed by atoms with Crippen LogP contribution >= 0.6 is 0 Å². The molecular formula is C22H28FN5O5. The monoisotopic (exact) mass is 461 g/mol. The molecule has 3 rings (SSSR count). The normalized spacial score (nSPS) is 13.7. The first-order chi connectivity index (χ1) is 15.3. The lowest BCUT2D eigenvalue weighted by molar-refractivity contribution is -0.320. The van der Waals surface area contributed by atoms with Crippen LogP contribution in [0.25, 0.3) is 5.65 Å². The Labute approximate surface area is 189 Å². The van der Waals surface area contributed by atoms with Gasteiger partial charge < -0.3 is 31.1 Å². The smallest absolute Gasteiger partial charge is 0.277 e. The van der Waals surface area contributed by atoms with Crippen LogP contribution in [0.2, 0.25) is 0 Å². The van der Waals surface area contributed by atoms with Crippen LogP contribution in [0.4, 0.5) is 4.39 Å². The lowest BCUT2D eigenvalue weighted by Gasteiger charge is -2.29. The highest BCUT2D eigenvalue weighted by Gasteiger charge is 2.32. The average molecular weight is 461 g/mol. The summed E-state index contributed by atoms with van der Waals surface area (Å²) in [6.45, 7) is 6.39. The molecular weight excluding hydrogens is 433 g/mol. The maximum Gasteiger partial charge on any atom is 0.277 e. The van der Waals surface area contributed by atoms with E-state index in [1.165, 1.54) is 17.4 Å². The molecule has 0 aliphatic rings. The van der Waals surface area contributed by atoms with Gasteiger partial charge in [-0.05, 0) is 39.3 Å². The number of imidazole rings is 1. The van der Waals surface area contributed by atoms with Crippen molar-refractivity contribution in [1.29, 1.82) is 0 Å². The van der Waals surface area contributed by atoms with Gasteiger partial charge in [0, 0.05) is 30.3 Å². The van der Waals surface area contributed by atoms with E-state index >= 15 is 0 Å². The summed E-state index contributed by atoms with van der Waals surface area (Å²) in [6, 6.07) is 4.75. The number of hydrogen-bond donors (Lipinski definition) is 5. The number of halogens is 1. The lowest BCUT2D eigenvalue weighted by Crippen LogP contribution is -2.53. The van der Waals surface area contributed by atoms with Crippen molar-refractivity contribution in [3.05, 3.63) is 58.4 Å². The number of nitrogens with two attached hydrogens (primary N) is 1. The van der Waals surface area contributed by atoms with Crippen molar-refractivity contribution >= 4 is 11.6 Å². The zero-order valence-electron chi connectivity index (χ0n) is 18.9. The van der Waals surface area contributed by atoms with Gasteiger partial charge in [0.25, 0.3) is 17.8 Å². The summed E-state index contributed by atoms with van der Waals surface area (Å²) in [7, 11) is 0. The Hall–Kier alpha value is -3.12. The van der Waals surface area contributed by atoms with Gasteiger partial charge in [0.05, 0.1) is 11.4 Å². The first kappa shape index (κ1) is 24.5. The summed E-state index contributed by atoms with van der Waals surface area (Å²) in [5.41, 5.74) is 7.21. The summed E-state index contributed by atoms with van der Waals surface area (Å²) >= 11 is 0. The summed E-state index contributed by atoms with van der Waals surface area (Å²) in [5, 5.41) is 30.2. The number of fused-ring (bicyclic) bond motifs is 1. The van der Waals surface area contributed by atoms with Crippen molar-refractivity contribution < 1.29 is 29.2 Å². The topological polar surface area (TPSA) is 155 Å². The number of aliphatic hydroxyl groups is 3. The fraction of sp³-hybridized carbons (Fsp3) is 0.409. The predicted octanol–water partition coefficient (Wildman–Crippen LogP) is 0.841. The highest BCUT2D eigenvalue weighted by Crippen LogP contribution is 2.23. The van der Waals surface area contributed by atoms with E-state index in [0.29, 0.717) is 17.0 Å². The fourth-order valence-corrected chi connectivity index (χ4v) is 3.58. The molecule has 1 unspecified atom stereocenters. The molecule has 0 spiro atoms. The Morgan fingerprint density at radius 3 is 2.58 bits per heavy atom. The van der Waals surface area contributed by atoms with Crippen molar-refractivity contribution in [3.63, 3.8) is 0 Å². The molecule has 1 atom stereocenters. The predicted molar refractivity (Wildman–Crippen MR) is 117 cm³/mol. The van der Waals surface area contributed by atoms with Gasteiger partial charge in [0.2, 0.25) is 5.65 Å². The number of amides is 1. The Kier molecular flexibility index (Phi) is 6.70. The summed E-state index contributed by atoms with van der Waals surface area (Å²) in [6.07, 6.45) is 1.04. The minimum Gasteiger partial charge on any atom is -0.470 e. The van der Waals surface area contributed by atoms with Crippen LogP contribution in [0, 0.1) is 26.6 Å². The fourth-order valence-electron chi connectivity index (χ4n) is 3.58. The number of nitrogens with zero attached hydrogens (tertiary/aromatic N) is 3. The molecule has 2 aromatic heterocycles. The van der Waals surface area contributed by atoms with Gasteiger partial charge in [-0.25, -0.2) is 14.4 Å². The van der Waals surface area contributed by atoms with Gasteiger partial charge in [-0.3, -0.25) is 9.20 Å². The minimum atomic E-state index is -2.96. The standard InChI is InChI=1S/C22H28FN5O5/c1-12-6-5-7-16(23)15(12)9-33-20-18-27-14(3)17(28(18)8-13(2)26-20)19(29)25-11-21(4,24)10-22(30,31)32/h5-8,30-32H,9-11,24H2,1-4H3,(H,25,29). The van der Waals surface area contributed by atoms with Crippen LogP contribution in [0.1, 0.15) is 46.3 Å². The molecule has 33 heavy (non-hydrogen) atoms. The molecule has 0 saturated carbocycles. The molecule has 0 aliphatic heterocycles. The number of rotatable bonds is 8. The lowest BCUT2D eigenvalue weighted by atomic mass is 9.97. The second-order valence-corrected chi connectivity index (χ2v) is 8.54. The summed E-state index contributed by atoms with van der Waals surface area (Å²) < 4.78 is 21.5. The van der Waals surface area contributed by atoms with Crippen molar-refractivity contribution in [3.8, 4) is 5.88 Å². The molecule has 2 heterocycles. The van der Waals surface area contributed by atoms with E-state index in [1.54, 1.807) is 39.1 Å². The second kappa shape index (κ2) is 9.02. The van der Waals surface area contributed by atoms with Crippen LogP contribution in [0.3, 0.4) is 0 Å². The number of ether oxygens (including phenoxy) is 1. The molecule has 0 aliphatic carbocycles. The van der Waals surface area contributed by atoms with Crippen molar-refractivity contribution in [2.75, 3.05) is 6.54 Å². The van der Waals surface area contributed by atoms with E-state index < -0.39 is 23.8 Å². The van der Waals surface area contributed by atoms with Crippen LogP contribution in [-0.2, 0) is 6.61 Å². The minimum absolute atomic E-state index is 0.0607. The van der Waals surface area contributed by atoms with E-state index in [4.69, 9.17) is 10.5 Å². The van der Waals surface area contributed by atoms with Gasteiger partial charge in [-0.15, -0.1) is 0 Å². The highest BCUT2D eigenvalue weighted by molar-refractivity contribution is 5.95. The van der Waals surface area contributed by atoms with Crippen molar-refractivity contribution in [2.24, 2.45) is 5.73 Å². The zero-order valence-corrected chi connectivity index (χ0v) is 18.9. The number of aryl methyl sites for hydroxylation is 3. The molecule has 0 bridgehead atoms. The van der Waals surface area contributed by atoms with E-state index in [2.05, 4.69) is 15.3 Å². The van der Waals surface area contributed by atoms with Crippen LogP contribution in [0.15, 0.2) is 24.4 Å². The summed E-state index contributed by atoms with van der Waals surface area (Å²) in [5.74, 6) is -3.72. The Bertz CT molecular complexity index is 1170. The molecule has 11 heteroatoms. The van der Waals surface area contributed by atoms with E-state index in [1.807, 2.05) is 0 Å². The maximum atomic E-state index is 14.2. The van der Waals surface area contributed by atoms with Crippen LogP contribution in [-0.4, -0.2) is 53.7 Å². The summed E-state index contributed by atoms with van der Waals surface area (Å²) in [4.78, 5) is 21.7. The van der Waals surface area contributed by atoms with Crippen LogP contribution < -0.4 is 15.8 Å². The highest BCUT2D eigenvalue weighted by atomic mass is 19.1.